The fourth-order valence-corrected chi connectivity index (χ4v) is 2.02. The number of nitrogens with two attached hydrogens (primary N) is 1. The Morgan fingerprint density at radius 2 is 2.06 bits per heavy atom. The molecule has 0 saturated carbocycles. The summed E-state index contributed by atoms with van der Waals surface area (Å²) < 4.78 is 2.00. The van der Waals surface area contributed by atoms with E-state index in [0.717, 1.165) is 29.4 Å². The van der Waals surface area contributed by atoms with Gasteiger partial charge in [-0.05, 0) is 20.3 Å². The minimum absolute atomic E-state index is 0.152. The van der Waals surface area contributed by atoms with Crippen LogP contribution < -0.4 is 5.73 Å². The molecule has 5 heteroatoms. The molecule has 1 unspecified atom stereocenters. The summed E-state index contributed by atoms with van der Waals surface area (Å²) in [7, 11) is 0. The van der Waals surface area contributed by atoms with Gasteiger partial charge in [0.2, 0.25) is 0 Å². The highest BCUT2D eigenvalue weighted by molar-refractivity contribution is 5.41. The van der Waals surface area contributed by atoms with Crippen LogP contribution >= 0.6 is 0 Å². The van der Waals surface area contributed by atoms with Gasteiger partial charge in [0.15, 0.2) is 5.65 Å². The fraction of sp³-hybridized carbons (Fsp3) is 0.583. The van der Waals surface area contributed by atoms with Crippen LogP contribution in [0.1, 0.15) is 37.6 Å². The van der Waals surface area contributed by atoms with Crippen LogP contribution in [-0.4, -0.2) is 26.1 Å². The van der Waals surface area contributed by atoms with Crippen LogP contribution in [0.4, 0.5) is 0 Å². The van der Waals surface area contributed by atoms with E-state index in [1.807, 2.05) is 24.3 Å². The molecule has 2 N–H and O–H groups in total. The van der Waals surface area contributed by atoms with Gasteiger partial charge in [-0.15, -0.1) is 10.2 Å². The Bertz CT molecular complexity index is 539. The predicted molar refractivity (Wildman–Crippen MR) is 67.0 cm³/mol. The van der Waals surface area contributed by atoms with E-state index in [2.05, 4.69) is 29.0 Å². The van der Waals surface area contributed by atoms with Gasteiger partial charge < -0.3 is 5.73 Å². The standard InChI is InChI=1S/C12H19N5/c1-5-12(4,7-13)11-16-15-10-6-8(2)14-9(3)17(10)11/h6H,5,7,13H2,1-4H3. The Morgan fingerprint density at radius 3 is 2.65 bits per heavy atom. The SMILES string of the molecule is CCC(C)(CN)c1nnc2cc(C)nc(C)n12. The highest BCUT2D eigenvalue weighted by atomic mass is 15.3. The Morgan fingerprint density at radius 1 is 1.35 bits per heavy atom. The third kappa shape index (κ3) is 1.80. The van der Waals surface area contributed by atoms with E-state index in [0.29, 0.717) is 6.54 Å². The second-order valence-electron chi connectivity index (χ2n) is 4.78. The van der Waals surface area contributed by atoms with Gasteiger partial charge in [0.05, 0.1) is 0 Å². The zero-order valence-electron chi connectivity index (χ0n) is 10.9. The molecule has 92 valence electrons. The van der Waals surface area contributed by atoms with Crippen molar-refractivity contribution in [2.24, 2.45) is 5.73 Å². The van der Waals surface area contributed by atoms with Crippen molar-refractivity contribution >= 4 is 5.65 Å². The molecule has 0 aliphatic heterocycles. The predicted octanol–water partition coefficient (Wildman–Crippen LogP) is 1.37. The van der Waals surface area contributed by atoms with Gasteiger partial charge in [-0.3, -0.25) is 4.40 Å². The minimum atomic E-state index is -0.152. The molecule has 0 aliphatic carbocycles. The number of aryl methyl sites for hydroxylation is 2. The number of nitrogens with zero attached hydrogens (tertiary/aromatic N) is 4. The first-order valence-corrected chi connectivity index (χ1v) is 5.92. The van der Waals surface area contributed by atoms with E-state index in [1.54, 1.807) is 0 Å². The topological polar surface area (TPSA) is 69.1 Å². The summed E-state index contributed by atoms with van der Waals surface area (Å²) in [5.41, 5.74) is 7.53. The number of hydrogen-bond donors (Lipinski definition) is 1. The summed E-state index contributed by atoms with van der Waals surface area (Å²) in [6, 6.07) is 1.94. The average Bonchev–Trinajstić information content (AvgIpc) is 2.72. The normalized spacial score (nSPS) is 15.1. The van der Waals surface area contributed by atoms with E-state index < -0.39 is 0 Å². The van der Waals surface area contributed by atoms with Crippen molar-refractivity contribution in [1.29, 1.82) is 0 Å². The molecule has 2 aromatic rings. The highest BCUT2D eigenvalue weighted by Gasteiger charge is 2.29. The van der Waals surface area contributed by atoms with Crippen molar-refractivity contribution in [3.63, 3.8) is 0 Å². The first kappa shape index (κ1) is 12.0. The Balaban J connectivity index is 2.72. The zero-order valence-corrected chi connectivity index (χ0v) is 10.9. The van der Waals surface area contributed by atoms with Crippen LogP contribution in [0.5, 0.6) is 0 Å². The first-order valence-electron chi connectivity index (χ1n) is 5.92. The van der Waals surface area contributed by atoms with Gasteiger partial charge in [0.1, 0.15) is 11.6 Å². The lowest BCUT2D eigenvalue weighted by Gasteiger charge is -2.24. The van der Waals surface area contributed by atoms with Crippen LogP contribution in [0.15, 0.2) is 6.07 Å². The van der Waals surface area contributed by atoms with Crippen LogP contribution in [-0.2, 0) is 5.41 Å². The van der Waals surface area contributed by atoms with E-state index >= 15 is 0 Å². The van der Waals surface area contributed by atoms with Gasteiger partial charge in [-0.2, -0.15) is 0 Å². The van der Waals surface area contributed by atoms with Gasteiger partial charge >= 0.3 is 0 Å². The second kappa shape index (κ2) is 4.07. The number of aromatic nitrogens is 4. The molecule has 0 bridgehead atoms. The number of rotatable bonds is 3. The molecule has 1 atom stereocenters. The van der Waals surface area contributed by atoms with Gasteiger partial charge in [0, 0.05) is 23.7 Å². The molecule has 17 heavy (non-hydrogen) atoms. The van der Waals surface area contributed by atoms with Crippen molar-refractivity contribution in [1.82, 2.24) is 19.6 Å². The Labute approximate surface area is 101 Å². The first-order chi connectivity index (χ1) is 8.01. The molecule has 0 spiro atoms. The van der Waals surface area contributed by atoms with E-state index in [4.69, 9.17) is 5.73 Å². The van der Waals surface area contributed by atoms with Gasteiger partial charge in [0.25, 0.3) is 0 Å². The lowest BCUT2D eigenvalue weighted by molar-refractivity contribution is 0.432. The molecule has 0 aromatic carbocycles. The summed E-state index contributed by atoms with van der Waals surface area (Å²) in [5, 5.41) is 8.52. The molecule has 2 heterocycles. The van der Waals surface area contributed by atoms with Crippen molar-refractivity contribution in [3.05, 3.63) is 23.4 Å². The number of hydrogen-bond acceptors (Lipinski definition) is 4. The van der Waals surface area contributed by atoms with Gasteiger partial charge in [-0.1, -0.05) is 13.8 Å². The molecule has 0 radical (unpaired) electrons. The quantitative estimate of drug-likeness (QED) is 0.869. The minimum Gasteiger partial charge on any atom is -0.329 e. The third-order valence-electron chi connectivity index (χ3n) is 3.46. The molecule has 0 aliphatic rings. The largest absolute Gasteiger partial charge is 0.329 e. The van der Waals surface area contributed by atoms with Gasteiger partial charge in [-0.25, -0.2) is 4.98 Å². The highest BCUT2D eigenvalue weighted by Crippen LogP contribution is 2.25. The van der Waals surface area contributed by atoms with Crippen LogP contribution in [0.3, 0.4) is 0 Å². The van der Waals surface area contributed by atoms with Crippen molar-refractivity contribution in [2.45, 2.75) is 39.5 Å². The molecular weight excluding hydrogens is 214 g/mol. The Kier molecular flexibility index (Phi) is 2.87. The fourth-order valence-electron chi connectivity index (χ4n) is 2.02. The van der Waals surface area contributed by atoms with Crippen LogP contribution in [0.25, 0.3) is 5.65 Å². The molecule has 5 nitrogen and oxygen atoms in total. The average molecular weight is 233 g/mol. The Hall–Kier alpha value is -1.49. The van der Waals surface area contributed by atoms with E-state index in [9.17, 15) is 0 Å². The maximum Gasteiger partial charge on any atom is 0.164 e. The van der Waals surface area contributed by atoms with Crippen molar-refractivity contribution in [2.75, 3.05) is 6.54 Å². The zero-order chi connectivity index (χ0) is 12.6. The van der Waals surface area contributed by atoms with Crippen LogP contribution in [0, 0.1) is 13.8 Å². The molecule has 2 aromatic heterocycles. The van der Waals surface area contributed by atoms with E-state index in [1.165, 1.54) is 0 Å². The maximum absolute atomic E-state index is 5.88. The lowest BCUT2D eigenvalue weighted by Crippen LogP contribution is -2.33. The smallest absolute Gasteiger partial charge is 0.164 e. The summed E-state index contributed by atoms with van der Waals surface area (Å²) >= 11 is 0. The molecule has 0 fully saturated rings. The summed E-state index contributed by atoms with van der Waals surface area (Å²) in [6.45, 7) is 8.72. The third-order valence-corrected chi connectivity index (χ3v) is 3.46. The van der Waals surface area contributed by atoms with Crippen LogP contribution in [0.2, 0.25) is 0 Å². The molecule has 2 rings (SSSR count). The number of fused-ring (bicyclic) bond motifs is 1. The van der Waals surface area contributed by atoms with Crippen molar-refractivity contribution in [3.8, 4) is 0 Å². The molecule has 0 amide bonds. The van der Waals surface area contributed by atoms with Crippen molar-refractivity contribution < 1.29 is 0 Å². The lowest BCUT2D eigenvalue weighted by atomic mass is 9.87. The summed E-state index contributed by atoms with van der Waals surface area (Å²) in [5.74, 6) is 1.82. The maximum atomic E-state index is 5.88. The second-order valence-corrected chi connectivity index (χ2v) is 4.78. The summed E-state index contributed by atoms with van der Waals surface area (Å²) in [4.78, 5) is 4.46. The summed E-state index contributed by atoms with van der Waals surface area (Å²) in [6.07, 6.45) is 0.928. The monoisotopic (exact) mass is 233 g/mol. The van der Waals surface area contributed by atoms with E-state index in [-0.39, 0.29) is 5.41 Å². The molecule has 0 saturated heterocycles. The molecular formula is C12H19N5.